The number of sulfone groups is 1. The zero-order valence-electron chi connectivity index (χ0n) is 20.0. The van der Waals surface area contributed by atoms with Gasteiger partial charge in [0, 0.05) is 23.4 Å². The fourth-order valence-corrected chi connectivity index (χ4v) is 5.41. The van der Waals surface area contributed by atoms with Gasteiger partial charge in [-0.2, -0.15) is 11.8 Å². The van der Waals surface area contributed by atoms with Crippen LogP contribution in [0.5, 0.6) is 0 Å². The summed E-state index contributed by atoms with van der Waals surface area (Å²) in [6, 6.07) is 16.4. The number of unbranched alkanes of at least 4 members (excludes halogenated alkanes) is 1. The van der Waals surface area contributed by atoms with Gasteiger partial charge < -0.3 is 14.5 Å². The molecule has 2 aromatic carbocycles. The first-order valence-electron chi connectivity index (χ1n) is 11.2. The smallest absolute Gasteiger partial charge is 0.307 e. The quantitative estimate of drug-likeness (QED) is 0.190. The highest BCUT2D eigenvalue weighted by atomic mass is 32.2. The maximum absolute atomic E-state index is 11.8. The van der Waals surface area contributed by atoms with Gasteiger partial charge in [0.05, 0.1) is 23.6 Å². The summed E-state index contributed by atoms with van der Waals surface area (Å²) in [5, 5.41) is 18.7. The monoisotopic (exact) mass is 532 g/mol. The number of rotatable bonds is 13. The molecule has 0 aliphatic rings. The van der Waals surface area contributed by atoms with E-state index in [9.17, 15) is 28.4 Å². The van der Waals surface area contributed by atoms with Crippen molar-refractivity contribution in [2.45, 2.75) is 36.8 Å². The van der Waals surface area contributed by atoms with Crippen LogP contribution in [0.3, 0.4) is 0 Å². The lowest BCUT2D eigenvalue weighted by Crippen LogP contribution is -2.03. The van der Waals surface area contributed by atoms with Gasteiger partial charge in [-0.25, -0.2) is 8.42 Å². The number of thioether (sulfide) groups is 1. The third-order valence-corrected chi connectivity index (χ3v) is 7.86. The van der Waals surface area contributed by atoms with Gasteiger partial charge in [0.2, 0.25) is 0 Å². The van der Waals surface area contributed by atoms with Crippen molar-refractivity contribution in [3.63, 3.8) is 0 Å². The number of hydrogen-bond donors (Lipinski definition) is 1. The third-order valence-electron chi connectivity index (χ3n) is 5.61. The topological polar surface area (TPSA) is 129 Å². The molecule has 0 saturated heterocycles. The Bertz CT molecular complexity index is 1320. The lowest BCUT2D eigenvalue weighted by atomic mass is 10.1. The van der Waals surface area contributed by atoms with E-state index in [4.69, 9.17) is 0 Å². The van der Waals surface area contributed by atoms with Gasteiger partial charge >= 0.3 is 5.97 Å². The van der Waals surface area contributed by atoms with Crippen LogP contribution < -0.4 is 0 Å². The predicted octanol–water partition coefficient (Wildman–Crippen LogP) is 4.71. The lowest BCUT2D eigenvalue weighted by molar-refractivity contribution is -0.757. The van der Waals surface area contributed by atoms with E-state index < -0.39 is 20.9 Å². The summed E-state index contributed by atoms with van der Waals surface area (Å²) in [6.07, 6.45) is 2.50. The van der Waals surface area contributed by atoms with Crippen LogP contribution in [0.25, 0.3) is 16.9 Å². The van der Waals surface area contributed by atoms with Crippen LogP contribution in [0.2, 0.25) is 0 Å². The van der Waals surface area contributed by atoms with Crippen molar-refractivity contribution < 1.29 is 28.2 Å². The van der Waals surface area contributed by atoms with Gasteiger partial charge in [-0.05, 0) is 72.5 Å². The molecule has 0 unspecified atom stereocenters. The highest BCUT2D eigenvalue weighted by Crippen LogP contribution is 2.31. The van der Waals surface area contributed by atoms with E-state index in [2.05, 4.69) is 4.84 Å². The molecule has 192 valence electrons. The number of carboxylic acid groups (broad SMARTS) is 1. The van der Waals surface area contributed by atoms with Crippen LogP contribution in [0.15, 0.2) is 59.5 Å². The summed E-state index contributed by atoms with van der Waals surface area (Å²) in [5.74, 6) is 0.739. The second kappa shape index (κ2) is 12.1. The Labute approximate surface area is 214 Å². The summed E-state index contributed by atoms with van der Waals surface area (Å²) in [5.41, 5.74) is 5.05. The molecule has 0 radical (unpaired) electrons. The van der Waals surface area contributed by atoms with Gasteiger partial charge in [-0.3, -0.25) is 4.79 Å². The van der Waals surface area contributed by atoms with Crippen LogP contribution in [0.1, 0.15) is 29.7 Å². The molecule has 11 heteroatoms. The molecule has 36 heavy (non-hydrogen) atoms. The Morgan fingerprint density at radius 3 is 2.36 bits per heavy atom. The summed E-state index contributed by atoms with van der Waals surface area (Å²) < 4.78 is 25.7. The summed E-state index contributed by atoms with van der Waals surface area (Å²) in [4.78, 5) is 26.1. The van der Waals surface area contributed by atoms with Crippen molar-refractivity contribution in [1.29, 1.82) is 0 Å². The molecular formula is C25H28N2O7S2. The maximum atomic E-state index is 11.8. The summed E-state index contributed by atoms with van der Waals surface area (Å²) >= 11 is 1.74. The standard InChI is InChI=1S/C25H28N2O7S2/c1-18-21(16-25(28)29)15-24(20-7-11-23(12-8-20)36(2,32)33)26(18)22-9-5-19(6-10-22)17-35-14-4-3-13-34-27(30)31/h5-12,15H,3-4,13-14,16-17H2,1-2H3,(H,28,29). The van der Waals surface area contributed by atoms with Crippen LogP contribution in [-0.4, -0.2) is 47.8 Å². The fraction of sp³-hybridized carbons (Fsp3) is 0.320. The molecule has 3 rings (SSSR count). The van der Waals surface area contributed by atoms with E-state index in [-0.39, 0.29) is 17.9 Å². The largest absolute Gasteiger partial charge is 0.481 e. The van der Waals surface area contributed by atoms with E-state index in [1.807, 2.05) is 41.8 Å². The minimum Gasteiger partial charge on any atom is -0.481 e. The maximum Gasteiger partial charge on any atom is 0.307 e. The van der Waals surface area contributed by atoms with Crippen molar-refractivity contribution in [3.8, 4) is 16.9 Å². The molecule has 0 atom stereocenters. The zero-order valence-corrected chi connectivity index (χ0v) is 21.7. The number of hydrogen-bond acceptors (Lipinski definition) is 7. The molecule has 0 bridgehead atoms. The van der Waals surface area contributed by atoms with Gasteiger partial charge in [-0.15, -0.1) is 10.1 Å². The Hall–Kier alpha value is -3.31. The Kier molecular flexibility index (Phi) is 9.16. The Morgan fingerprint density at radius 1 is 1.11 bits per heavy atom. The number of aliphatic carboxylic acids is 1. The summed E-state index contributed by atoms with van der Waals surface area (Å²) in [7, 11) is -3.33. The molecule has 0 fully saturated rings. The average Bonchev–Trinajstić information content (AvgIpc) is 3.13. The van der Waals surface area contributed by atoms with E-state index >= 15 is 0 Å². The van der Waals surface area contributed by atoms with Gasteiger partial charge in [-0.1, -0.05) is 24.3 Å². The minimum absolute atomic E-state index is 0.113. The second-order valence-corrected chi connectivity index (χ2v) is 11.4. The third kappa shape index (κ3) is 7.34. The first kappa shape index (κ1) is 27.3. The van der Waals surface area contributed by atoms with Crippen molar-refractivity contribution in [1.82, 2.24) is 4.57 Å². The molecule has 0 aliphatic heterocycles. The molecule has 0 spiro atoms. The van der Waals surface area contributed by atoms with Crippen molar-refractivity contribution in [2.75, 3.05) is 18.6 Å². The molecular weight excluding hydrogens is 504 g/mol. The Balaban J connectivity index is 1.79. The highest BCUT2D eigenvalue weighted by Gasteiger charge is 2.17. The minimum atomic E-state index is -3.33. The number of benzene rings is 2. The van der Waals surface area contributed by atoms with Crippen molar-refractivity contribution >= 4 is 27.6 Å². The molecule has 1 heterocycles. The van der Waals surface area contributed by atoms with Crippen LogP contribution in [0, 0.1) is 17.0 Å². The van der Waals surface area contributed by atoms with Crippen LogP contribution in [-0.2, 0) is 31.6 Å². The molecule has 1 aromatic heterocycles. The molecule has 9 nitrogen and oxygen atoms in total. The van der Waals surface area contributed by atoms with E-state index in [1.165, 1.54) is 0 Å². The fourth-order valence-electron chi connectivity index (χ4n) is 3.79. The molecule has 1 N–H and O–H groups in total. The predicted molar refractivity (Wildman–Crippen MR) is 139 cm³/mol. The molecule has 3 aromatic rings. The second-order valence-electron chi connectivity index (χ2n) is 8.33. The lowest BCUT2D eigenvalue weighted by Gasteiger charge is -2.14. The van der Waals surface area contributed by atoms with E-state index in [0.717, 1.165) is 52.4 Å². The molecule has 0 amide bonds. The van der Waals surface area contributed by atoms with Gasteiger partial charge in [0.15, 0.2) is 9.84 Å². The summed E-state index contributed by atoms with van der Waals surface area (Å²) in [6.45, 7) is 1.99. The number of carboxylic acids is 1. The zero-order chi connectivity index (χ0) is 26.3. The number of carbonyl (C=O) groups is 1. The van der Waals surface area contributed by atoms with E-state index in [1.54, 1.807) is 36.0 Å². The van der Waals surface area contributed by atoms with Gasteiger partial charge in [0.1, 0.15) is 0 Å². The molecule has 0 aliphatic carbocycles. The van der Waals surface area contributed by atoms with E-state index in [0.29, 0.717) is 12.0 Å². The van der Waals surface area contributed by atoms with Crippen molar-refractivity contribution in [3.05, 3.63) is 81.5 Å². The SMILES string of the molecule is Cc1c(CC(=O)O)cc(-c2ccc(S(C)(=O)=O)cc2)n1-c1ccc(CSCCCCO[N+](=O)[O-])cc1. The van der Waals surface area contributed by atoms with Gasteiger partial charge in [0.25, 0.3) is 5.09 Å². The normalized spacial score (nSPS) is 11.4. The first-order chi connectivity index (χ1) is 17.1. The highest BCUT2D eigenvalue weighted by molar-refractivity contribution is 7.98. The van der Waals surface area contributed by atoms with Crippen molar-refractivity contribution in [2.24, 2.45) is 0 Å². The molecule has 0 saturated carbocycles. The van der Waals surface area contributed by atoms with Crippen LogP contribution >= 0.6 is 11.8 Å². The van der Waals surface area contributed by atoms with Crippen LogP contribution in [0.4, 0.5) is 0 Å². The number of aromatic nitrogens is 1. The average molecular weight is 533 g/mol. The first-order valence-corrected chi connectivity index (χ1v) is 14.3. The number of nitrogens with zero attached hydrogens (tertiary/aromatic N) is 2. The Morgan fingerprint density at radius 2 is 1.78 bits per heavy atom.